The van der Waals surface area contributed by atoms with Crippen molar-refractivity contribution < 1.29 is 17.9 Å². The highest BCUT2D eigenvalue weighted by Gasteiger charge is 2.18. The van der Waals surface area contributed by atoms with Gasteiger partial charge >= 0.3 is 0 Å². The highest BCUT2D eigenvalue weighted by atomic mass is 35.5. The fourth-order valence-electron chi connectivity index (χ4n) is 1.58. The molecule has 0 radical (unpaired) electrons. The van der Waals surface area contributed by atoms with Crippen LogP contribution in [-0.2, 0) is 19.5 Å². The molecule has 0 aliphatic carbocycles. The van der Waals surface area contributed by atoms with Gasteiger partial charge in [-0.2, -0.15) is 0 Å². The third kappa shape index (κ3) is 5.80. The first kappa shape index (κ1) is 18.2. The zero-order chi connectivity index (χ0) is 15.9. The lowest BCUT2D eigenvalue weighted by molar-refractivity contribution is 0.0699. The summed E-state index contributed by atoms with van der Waals surface area (Å²) in [5.41, 5.74) is 6.86. The first-order valence-electron chi connectivity index (χ1n) is 6.50. The molecule has 0 saturated carbocycles. The van der Waals surface area contributed by atoms with Gasteiger partial charge in [0.1, 0.15) is 4.90 Å². The van der Waals surface area contributed by atoms with Crippen molar-refractivity contribution in [2.45, 2.75) is 18.2 Å². The van der Waals surface area contributed by atoms with Crippen molar-refractivity contribution in [3.63, 3.8) is 0 Å². The van der Waals surface area contributed by atoms with Crippen molar-refractivity contribution in [2.75, 3.05) is 39.2 Å². The summed E-state index contributed by atoms with van der Waals surface area (Å²) in [6, 6.07) is 2.91. The third-order valence-electron chi connectivity index (χ3n) is 2.80. The number of ether oxygens (including phenoxy) is 2. The predicted octanol–water partition coefficient (Wildman–Crippen LogP) is 1.56. The van der Waals surface area contributed by atoms with Gasteiger partial charge in [0.2, 0.25) is 10.0 Å². The van der Waals surface area contributed by atoms with Gasteiger partial charge < -0.3 is 15.2 Å². The lowest BCUT2D eigenvalue weighted by Crippen LogP contribution is -2.26. The Morgan fingerprint density at radius 1 is 1.29 bits per heavy atom. The smallest absolute Gasteiger partial charge is 0.242 e. The minimum atomic E-state index is -3.67. The second-order valence-electron chi connectivity index (χ2n) is 4.50. The number of rotatable bonds is 9. The van der Waals surface area contributed by atoms with Gasteiger partial charge in [0.05, 0.1) is 18.2 Å². The minimum absolute atomic E-state index is 0.00688. The molecule has 0 heterocycles. The van der Waals surface area contributed by atoms with E-state index in [1.807, 2.05) is 0 Å². The summed E-state index contributed by atoms with van der Waals surface area (Å²) in [6.45, 7) is 3.49. The molecule has 21 heavy (non-hydrogen) atoms. The number of nitrogen functional groups attached to an aromatic ring is 1. The maximum absolute atomic E-state index is 12.1. The lowest BCUT2D eigenvalue weighted by atomic mass is 10.2. The number of hydrogen-bond acceptors (Lipinski definition) is 5. The van der Waals surface area contributed by atoms with E-state index >= 15 is 0 Å². The lowest BCUT2D eigenvalue weighted by Gasteiger charge is -2.10. The standard InChI is InChI=1S/C13H21ClN2O4S/c1-10-8-11(14)13(9-12(10)15)21(17,18)16-4-3-5-20-7-6-19-2/h8-9,16H,3-7,15H2,1-2H3. The first-order valence-corrected chi connectivity index (χ1v) is 8.36. The molecule has 1 rings (SSSR count). The monoisotopic (exact) mass is 336 g/mol. The number of sulfonamides is 1. The Balaban J connectivity index is 2.53. The van der Waals surface area contributed by atoms with Gasteiger partial charge in [-0.05, 0) is 31.0 Å². The first-order chi connectivity index (χ1) is 9.88. The van der Waals surface area contributed by atoms with E-state index in [0.717, 1.165) is 5.56 Å². The molecule has 8 heteroatoms. The van der Waals surface area contributed by atoms with Crippen molar-refractivity contribution in [2.24, 2.45) is 0 Å². The predicted molar refractivity (Wildman–Crippen MR) is 83.1 cm³/mol. The summed E-state index contributed by atoms with van der Waals surface area (Å²) in [5.74, 6) is 0. The molecule has 0 saturated heterocycles. The molecule has 0 amide bonds. The maximum atomic E-state index is 12.1. The molecule has 3 N–H and O–H groups in total. The average molecular weight is 337 g/mol. The normalized spacial score (nSPS) is 11.8. The molecule has 0 aliphatic heterocycles. The summed E-state index contributed by atoms with van der Waals surface area (Å²) in [4.78, 5) is -0.00688. The molecule has 0 fully saturated rings. The van der Waals surface area contributed by atoms with Gasteiger partial charge in [-0.25, -0.2) is 13.1 Å². The van der Waals surface area contributed by atoms with Gasteiger partial charge in [0, 0.05) is 25.9 Å². The van der Waals surface area contributed by atoms with E-state index in [4.69, 9.17) is 26.8 Å². The molecule has 0 unspecified atom stereocenters. The zero-order valence-electron chi connectivity index (χ0n) is 12.2. The van der Waals surface area contributed by atoms with Gasteiger partial charge in [0.15, 0.2) is 0 Å². The van der Waals surface area contributed by atoms with Crippen LogP contribution in [0.15, 0.2) is 17.0 Å². The zero-order valence-corrected chi connectivity index (χ0v) is 13.8. The molecule has 0 spiro atoms. The van der Waals surface area contributed by atoms with Gasteiger partial charge in [-0.3, -0.25) is 0 Å². The number of nitrogens with two attached hydrogens (primary N) is 1. The van der Waals surface area contributed by atoms with Gasteiger partial charge in [-0.15, -0.1) is 0 Å². The van der Waals surface area contributed by atoms with E-state index in [1.54, 1.807) is 20.1 Å². The summed E-state index contributed by atoms with van der Waals surface area (Å²) in [5, 5.41) is 0.158. The Labute approximate surface area is 130 Å². The number of benzene rings is 1. The van der Waals surface area contributed by atoms with E-state index in [2.05, 4.69) is 4.72 Å². The molecule has 0 bridgehead atoms. The molecule has 1 aromatic carbocycles. The fourth-order valence-corrected chi connectivity index (χ4v) is 3.27. The van der Waals surface area contributed by atoms with Crippen LogP contribution in [0.1, 0.15) is 12.0 Å². The van der Waals surface area contributed by atoms with Crippen molar-refractivity contribution >= 4 is 27.3 Å². The van der Waals surface area contributed by atoms with Crippen LogP contribution in [0.2, 0.25) is 5.02 Å². The molecule has 6 nitrogen and oxygen atoms in total. The molecule has 0 atom stereocenters. The third-order valence-corrected chi connectivity index (χ3v) is 4.73. The van der Waals surface area contributed by atoms with Crippen LogP contribution in [0.4, 0.5) is 5.69 Å². The number of anilines is 1. The van der Waals surface area contributed by atoms with Crippen LogP contribution in [0, 0.1) is 6.92 Å². The quantitative estimate of drug-likeness (QED) is 0.527. The van der Waals surface area contributed by atoms with Crippen LogP contribution >= 0.6 is 11.6 Å². The van der Waals surface area contributed by atoms with Crippen molar-refractivity contribution in [3.05, 3.63) is 22.7 Å². The van der Waals surface area contributed by atoms with E-state index in [0.29, 0.717) is 31.9 Å². The molecular weight excluding hydrogens is 316 g/mol. The van der Waals surface area contributed by atoms with Crippen LogP contribution in [0.25, 0.3) is 0 Å². The second-order valence-corrected chi connectivity index (χ2v) is 6.64. The largest absolute Gasteiger partial charge is 0.398 e. The molecule has 120 valence electrons. The number of aryl methyl sites for hydroxylation is 1. The molecule has 0 aromatic heterocycles. The summed E-state index contributed by atoms with van der Waals surface area (Å²) >= 11 is 5.97. The van der Waals surface area contributed by atoms with Crippen LogP contribution < -0.4 is 10.5 Å². The average Bonchev–Trinajstić information content (AvgIpc) is 2.41. The highest BCUT2D eigenvalue weighted by Crippen LogP contribution is 2.26. The summed E-state index contributed by atoms with van der Waals surface area (Å²) < 4.78 is 36.8. The van der Waals surface area contributed by atoms with Gasteiger partial charge in [0.25, 0.3) is 0 Å². The van der Waals surface area contributed by atoms with Crippen LogP contribution in [0.3, 0.4) is 0 Å². The van der Waals surface area contributed by atoms with E-state index in [-0.39, 0.29) is 16.5 Å². The minimum Gasteiger partial charge on any atom is -0.398 e. The van der Waals surface area contributed by atoms with Crippen molar-refractivity contribution in [1.82, 2.24) is 4.72 Å². The number of methoxy groups -OCH3 is 1. The van der Waals surface area contributed by atoms with E-state index in [1.165, 1.54) is 6.07 Å². The number of halogens is 1. The van der Waals surface area contributed by atoms with E-state index < -0.39 is 10.0 Å². The summed E-state index contributed by atoms with van der Waals surface area (Å²) in [7, 11) is -2.08. The molecule has 1 aromatic rings. The number of nitrogens with one attached hydrogen (secondary N) is 1. The van der Waals surface area contributed by atoms with Crippen LogP contribution in [0.5, 0.6) is 0 Å². The summed E-state index contributed by atoms with van der Waals surface area (Å²) in [6.07, 6.45) is 0.557. The Bertz CT molecular complexity index is 564. The Morgan fingerprint density at radius 2 is 2.00 bits per heavy atom. The van der Waals surface area contributed by atoms with Gasteiger partial charge in [-0.1, -0.05) is 11.6 Å². The molecule has 0 aliphatic rings. The number of hydrogen-bond donors (Lipinski definition) is 2. The Morgan fingerprint density at radius 3 is 2.67 bits per heavy atom. The Hall–Kier alpha value is -0.860. The topological polar surface area (TPSA) is 90.6 Å². The van der Waals surface area contributed by atoms with Crippen molar-refractivity contribution in [1.29, 1.82) is 0 Å². The van der Waals surface area contributed by atoms with E-state index in [9.17, 15) is 8.42 Å². The highest BCUT2D eigenvalue weighted by molar-refractivity contribution is 7.89. The second kappa shape index (κ2) is 8.55. The Kier molecular flexibility index (Phi) is 7.41. The van der Waals surface area contributed by atoms with Crippen molar-refractivity contribution in [3.8, 4) is 0 Å². The maximum Gasteiger partial charge on any atom is 0.242 e. The fraction of sp³-hybridized carbons (Fsp3) is 0.538. The molecular formula is C13H21ClN2O4S. The SMILES string of the molecule is COCCOCCCNS(=O)(=O)c1cc(N)c(C)cc1Cl. The van der Waals surface area contributed by atoms with Crippen LogP contribution in [-0.4, -0.2) is 41.9 Å².